The molecule has 4 aliphatic rings. The fourth-order valence-electron chi connectivity index (χ4n) is 10.3. The molecule has 4 N–H and O–H groups in total. The van der Waals surface area contributed by atoms with Gasteiger partial charge in [0.25, 0.3) is 5.91 Å². The van der Waals surface area contributed by atoms with Crippen LogP contribution in [0.5, 0.6) is 0 Å². The highest BCUT2D eigenvalue weighted by Gasteiger charge is 2.77. The summed E-state index contributed by atoms with van der Waals surface area (Å²) in [6.45, 7) is 8.55. The van der Waals surface area contributed by atoms with Crippen LogP contribution in [-0.2, 0) is 42.9 Å². The first-order valence-corrected chi connectivity index (χ1v) is 21.5. The Balaban J connectivity index is 1.39. The van der Waals surface area contributed by atoms with Crippen LogP contribution in [0.4, 0.5) is 0 Å². The molecule has 1 saturated heterocycles. The van der Waals surface area contributed by atoms with Crippen molar-refractivity contribution in [2.24, 2.45) is 16.7 Å². The highest BCUT2D eigenvalue weighted by Crippen LogP contribution is 2.63. The summed E-state index contributed by atoms with van der Waals surface area (Å²) in [6.07, 6.45) is -10.0. The van der Waals surface area contributed by atoms with E-state index in [9.17, 15) is 39.3 Å². The maximum Gasteiger partial charge on any atom is 0.350 e. The minimum atomic E-state index is -2.38. The van der Waals surface area contributed by atoms with Crippen molar-refractivity contribution in [1.82, 2.24) is 5.32 Å². The number of amides is 1. The van der Waals surface area contributed by atoms with Crippen molar-refractivity contribution in [3.63, 3.8) is 0 Å². The van der Waals surface area contributed by atoms with E-state index < -0.39 is 113 Å². The van der Waals surface area contributed by atoms with Crippen LogP contribution in [0, 0.1) is 16.7 Å². The minimum Gasteiger partial charge on any atom is -0.455 e. The van der Waals surface area contributed by atoms with Crippen LogP contribution in [0.25, 0.3) is 0 Å². The van der Waals surface area contributed by atoms with E-state index in [-0.39, 0.29) is 41.7 Å². The fraction of sp³-hybridized carbons (Fsp3) is 0.469. The Hall–Kier alpha value is -5.74. The molecular weight excluding hydrogens is 827 g/mol. The smallest absolute Gasteiger partial charge is 0.350 e. The molecule has 3 fully saturated rings. The largest absolute Gasteiger partial charge is 0.455 e. The molecule has 1 unspecified atom stereocenters. The quantitative estimate of drug-likeness (QED) is 0.112. The summed E-state index contributed by atoms with van der Waals surface area (Å²) in [6, 6.07) is 23.1. The van der Waals surface area contributed by atoms with Crippen molar-refractivity contribution in [1.29, 1.82) is 0 Å². The number of ketones is 1. The molecule has 11 atom stereocenters. The van der Waals surface area contributed by atoms with Crippen molar-refractivity contribution >= 4 is 35.6 Å². The van der Waals surface area contributed by atoms with Gasteiger partial charge >= 0.3 is 23.9 Å². The first-order valence-electron chi connectivity index (χ1n) is 21.5. The summed E-state index contributed by atoms with van der Waals surface area (Å²) in [5.74, 6) is -6.75. The summed E-state index contributed by atoms with van der Waals surface area (Å²) >= 11 is 0. The van der Waals surface area contributed by atoms with Crippen LogP contribution in [0.2, 0.25) is 0 Å². The average molecular weight is 882 g/mol. The number of carbonyl (C=O) groups is 6. The molecule has 1 amide bonds. The Bertz CT molecular complexity index is 2320. The van der Waals surface area contributed by atoms with Gasteiger partial charge in [0, 0.05) is 43.1 Å². The van der Waals surface area contributed by atoms with Gasteiger partial charge < -0.3 is 44.3 Å². The van der Waals surface area contributed by atoms with E-state index in [1.807, 2.05) is 0 Å². The van der Waals surface area contributed by atoms with E-state index in [0.717, 1.165) is 6.92 Å². The molecule has 1 heterocycles. The van der Waals surface area contributed by atoms with Gasteiger partial charge in [0.05, 0.1) is 29.8 Å². The SMILES string of the molecule is CCCC(=O)O[C@@H](C(=O)O[C@H]1C[C@@]2(O)[C@@H](OC(=O)c3ccccc3)C3[C@]4(O)CO[C@@H]4C[C@H](O)[C@@]3(C)C(=O)[C@H](OC(C)=O)C(=C1C)C2(C)C)[C@@H](NC(=O)c1ccccc1)c1ccccc1. The number of aliphatic hydroxyl groups excluding tert-OH is 1. The van der Waals surface area contributed by atoms with Crippen molar-refractivity contribution in [3.8, 4) is 0 Å². The Morgan fingerprint density at radius 2 is 1.45 bits per heavy atom. The van der Waals surface area contributed by atoms with Gasteiger partial charge in [-0.15, -0.1) is 0 Å². The van der Waals surface area contributed by atoms with Gasteiger partial charge in [-0.3, -0.25) is 19.2 Å². The number of rotatable bonds is 12. The van der Waals surface area contributed by atoms with Gasteiger partial charge in [-0.1, -0.05) is 87.5 Å². The molecule has 0 radical (unpaired) electrons. The lowest BCUT2D eigenvalue weighted by molar-refractivity contribution is -0.343. The Kier molecular flexibility index (Phi) is 12.8. The van der Waals surface area contributed by atoms with E-state index in [4.69, 9.17) is 23.7 Å². The fourth-order valence-corrected chi connectivity index (χ4v) is 10.3. The number of hydrogen-bond donors (Lipinski definition) is 4. The molecule has 15 nitrogen and oxygen atoms in total. The van der Waals surface area contributed by atoms with E-state index in [1.165, 1.54) is 26.0 Å². The van der Waals surface area contributed by atoms with Gasteiger partial charge in [0.2, 0.25) is 6.10 Å². The van der Waals surface area contributed by atoms with Gasteiger partial charge in [0.1, 0.15) is 29.5 Å². The number of esters is 4. The molecule has 64 heavy (non-hydrogen) atoms. The number of fused-ring (bicyclic) bond motifs is 5. The Morgan fingerprint density at radius 3 is 2.02 bits per heavy atom. The summed E-state index contributed by atoms with van der Waals surface area (Å²) in [7, 11) is 0. The number of nitrogens with one attached hydrogen (secondary N) is 1. The normalized spacial score (nSPS) is 31.2. The highest BCUT2D eigenvalue weighted by molar-refractivity contribution is 5.96. The lowest BCUT2D eigenvalue weighted by atomic mass is 9.44. The third kappa shape index (κ3) is 7.92. The van der Waals surface area contributed by atoms with Gasteiger partial charge in [-0.25, -0.2) is 9.59 Å². The topological polar surface area (TPSA) is 221 Å². The van der Waals surface area contributed by atoms with E-state index in [1.54, 1.807) is 99.6 Å². The summed E-state index contributed by atoms with van der Waals surface area (Å²) in [5.41, 5.74) is -7.15. The zero-order valence-corrected chi connectivity index (χ0v) is 36.6. The number of benzene rings is 3. The van der Waals surface area contributed by atoms with Crippen LogP contribution in [0.1, 0.15) is 99.5 Å². The second kappa shape index (κ2) is 17.7. The second-order valence-electron chi connectivity index (χ2n) is 18.0. The molecule has 2 bridgehead atoms. The Labute approximate surface area is 371 Å². The molecule has 3 aromatic rings. The lowest BCUT2D eigenvalue weighted by Crippen LogP contribution is -2.81. The van der Waals surface area contributed by atoms with E-state index in [2.05, 4.69) is 5.32 Å². The predicted octanol–water partition coefficient (Wildman–Crippen LogP) is 4.52. The summed E-state index contributed by atoms with van der Waals surface area (Å²) in [5, 5.41) is 41.0. The molecular formula is C49H55NO14. The number of ether oxygens (including phenoxy) is 5. The van der Waals surface area contributed by atoms with E-state index >= 15 is 4.79 Å². The monoisotopic (exact) mass is 881 g/mol. The maximum atomic E-state index is 15.4. The highest BCUT2D eigenvalue weighted by atomic mass is 16.6. The first kappa shape index (κ1) is 46.3. The van der Waals surface area contributed by atoms with Gasteiger partial charge in [-0.2, -0.15) is 0 Å². The minimum absolute atomic E-state index is 0.00220. The maximum absolute atomic E-state index is 15.4. The molecule has 3 aliphatic carbocycles. The molecule has 2 saturated carbocycles. The molecule has 0 aromatic heterocycles. The van der Waals surface area contributed by atoms with Gasteiger partial charge in [-0.05, 0) is 61.2 Å². The zero-order valence-electron chi connectivity index (χ0n) is 36.6. The first-order chi connectivity index (χ1) is 30.3. The molecule has 0 spiro atoms. The predicted molar refractivity (Wildman–Crippen MR) is 227 cm³/mol. The lowest BCUT2D eigenvalue weighted by Gasteiger charge is -2.66. The second-order valence-corrected chi connectivity index (χ2v) is 18.0. The van der Waals surface area contributed by atoms with Crippen molar-refractivity contribution in [2.75, 3.05) is 6.61 Å². The van der Waals surface area contributed by atoms with Crippen LogP contribution in [0.15, 0.2) is 102 Å². The van der Waals surface area contributed by atoms with Crippen molar-refractivity contribution in [2.45, 2.75) is 121 Å². The number of aliphatic hydroxyl groups is 3. The molecule has 1 aliphatic heterocycles. The van der Waals surface area contributed by atoms with Crippen LogP contribution in [0.3, 0.4) is 0 Å². The Morgan fingerprint density at radius 1 is 0.859 bits per heavy atom. The van der Waals surface area contributed by atoms with Crippen LogP contribution < -0.4 is 5.32 Å². The van der Waals surface area contributed by atoms with Crippen molar-refractivity contribution in [3.05, 3.63) is 119 Å². The molecule has 15 heteroatoms. The number of carbonyl (C=O) groups excluding carboxylic acids is 6. The molecule has 7 rings (SSSR count). The third-order valence-corrected chi connectivity index (χ3v) is 13.9. The number of hydrogen-bond acceptors (Lipinski definition) is 14. The average Bonchev–Trinajstić information content (AvgIpc) is 3.27. The van der Waals surface area contributed by atoms with Crippen LogP contribution >= 0.6 is 0 Å². The summed E-state index contributed by atoms with van der Waals surface area (Å²) < 4.78 is 30.1. The zero-order chi connectivity index (χ0) is 46.4. The van der Waals surface area contributed by atoms with Gasteiger partial charge in [0.15, 0.2) is 11.9 Å². The standard InChI is InChI=1S/C49H55NO14/c1-7-17-35(53)63-39(37(29-18-11-8-12-19-29)50-43(55)30-20-13-9-14-21-30)45(57)62-32-25-49(59)42(64-44(56)31-22-15-10-16-23-31)40-47(6,33(52)24-34-48(40,58)26-60-34)41(54)38(61-28(3)51)36(27(32)2)46(49,4)5/h8-16,18-23,32-34,37-40,42,52,58-59H,7,17,24-26H2,1-6H3,(H,50,55)/t32-,33-,34+,37-,38+,39+,40?,42-,47+,48-,49+/m0/s1. The third-order valence-electron chi connectivity index (χ3n) is 13.9. The van der Waals surface area contributed by atoms with Crippen LogP contribution in [-0.4, -0.2) is 105 Å². The van der Waals surface area contributed by atoms with Crippen molar-refractivity contribution < 1.29 is 67.8 Å². The van der Waals surface area contributed by atoms with E-state index in [0.29, 0.717) is 12.0 Å². The molecule has 340 valence electrons. The summed E-state index contributed by atoms with van der Waals surface area (Å²) in [4.78, 5) is 84.6. The molecule has 3 aromatic carbocycles. The number of Topliss-reactive ketones (excluding diaryl/α,β-unsaturated/α-hetero) is 1.